The first-order chi connectivity index (χ1) is 15.8. The monoisotopic (exact) mass is 488 g/mol. The number of thioether (sulfide) groups is 1. The van der Waals surface area contributed by atoms with E-state index in [9.17, 15) is 13.2 Å². The van der Waals surface area contributed by atoms with Crippen LogP contribution in [0.25, 0.3) is 39.2 Å². The number of imidazole rings is 1. The number of hydrogen-bond donors (Lipinski definition) is 0. The van der Waals surface area contributed by atoms with Crippen molar-refractivity contribution in [2.45, 2.75) is 18.1 Å². The summed E-state index contributed by atoms with van der Waals surface area (Å²) in [6, 6.07) is 8.36. The number of aromatic nitrogens is 6. The van der Waals surface area contributed by atoms with Crippen molar-refractivity contribution in [3.05, 3.63) is 59.6 Å². The van der Waals surface area contributed by atoms with Crippen molar-refractivity contribution in [1.82, 2.24) is 29.1 Å². The minimum atomic E-state index is -4.54. The number of hydrogen-bond acceptors (Lipinski definition) is 5. The van der Waals surface area contributed by atoms with Crippen LogP contribution in [0.15, 0.2) is 53.9 Å². The average Bonchev–Trinajstić information content (AvgIpc) is 3.30. The van der Waals surface area contributed by atoms with Crippen LogP contribution < -0.4 is 0 Å². The molecular weight excluding hydrogens is 473 g/mol. The van der Waals surface area contributed by atoms with Crippen LogP contribution in [0.1, 0.15) is 12.6 Å². The maximum Gasteiger partial charge on any atom is 0.433 e. The standard InChI is InChI=1S/C22H16ClF3N6S/c1-3-33-21-18(20-29-15-8-17(22(24,25)26)27-10-16(15)31(20)2)19-28-9-13(11-32(19)30-21)12-4-6-14(23)7-5-12/h4-11H,3H2,1-2H3. The zero-order valence-electron chi connectivity index (χ0n) is 17.4. The zero-order valence-corrected chi connectivity index (χ0v) is 19.0. The summed E-state index contributed by atoms with van der Waals surface area (Å²) < 4.78 is 42.8. The Morgan fingerprint density at radius 3 is 2.52 bits per heavy atom. The Labute approximate surface area is 195 Å². The van der Waals surface area contributed by atoms with E-state index < -0.39 is 11.9 Å². The summed E-state index contributed by atoms with van der Waals surface area (Å²) in [4.78, 5) is 12.7. The third-order valence-electron chi connectivity index (χ3n) is 5.18. The van der Waals surface area contributed by atoms with Gasteiger partial charge in [-0.15, -0.1) is 11.8 Å². The maximum absolute atomic E-state index is 13.1. The normalized spacial score (nSPS) is 12.2. The van der Waals surface area contributed by atoms with Gasteiger partial charge in [-0.3, -0.25) is 0 Å². The summed E-state index contributed by atoms with van der Waals surface area (Å²) in [5.74, 6) is 1.23. The summed E-state index contributed by atoms with van der Waals surface area (Å²) in [5.41, 5.74) is 2.73. The molecule has 0 saturated carbocycles. The molecule has 0 unspecified atom stereocenters. The van der Waals surface area contributed by atoms with Crippen molar-refractivity contribution in [2.24, 2.45) is 7.05 Å². The predicted octanol–water partition coefficient (Wildman–Crippen LogP) is 6.13. The Morgan fingerprint density at radius 2 is 1.82 bits per heavy atom. The van der Waals surface area contributed by atoms with E-state index in [1.165, 1.54) is 18.0 Å². The summed E-state index contributed by atoms with van der Waals surface area (Å²) in [6.07, 6.45) is 0.245. The highest BCUT2D eigenvalue weighted by Crippen LogP contribution is 2.36. The molecule has 0 aliphatic heterocycles. The molecule has 5 rings (SSSR count). The van der Waals surface area contributed by atoms with E-state index in [0.29, 0.717) is 32.6 Å². The average molecular weight is 489 g/mol. The van der Waals surface area contributed by atoms with E-state index in [2.05, 4.69) is 15.0 Å². The Bertz CT molecular complexity index is 1490. The lowest BCUT2D eigenvalue weighted by atomic mass is 10.1. The van der Waals surface area contributed by atoms with Crippen molar-refractivity contribution in [1.29, 1.82) is 0 Å². The van der Waals surface area contributed by atoms with Gasteiger partial charge in [0.1, 0.15) is 16.5 Å². The Morgan fingerprint density at radius 1 is 1.06 bits per heavy atom. The number of aryl methyl sites for hydroxylation is 1. The van der Waals surface area contributed by atoms with E-state index in [1.807, 2.05) is 25.3 Å². The van der Waals surface area contributed by atoms with Gasteiger partial charge in [-0.2, -0.15) is 18.3 Å². The van der Waals surface area contributed by atoms with E-state index in [1.54, 1.807) is 34.5 Å². The molecule has 4 aromatic heterocycles. The topological polar surface area (TPSA) is 60.9 Å². The minimum absolute atomic E-state index is 0.208. The molecule has 0 saturated heterocycles. The van der Waals surface area contributed by atoms with Gasteiger partial charge in [-0.1, -0.05) is 30.7 Å². The third kappa shape index (κ3) is 3.83. The molecule has 0 N–H and O–H groups in total. The van der Waals surface area contributed by atoms with Gasteiger partial charge in [0.25, 0.3) is 0 Å². The van der Waals surface area contributed by atoms with E-state index in [0.717, 1.165) is 22.9 Å². The lowest BCUT2D eigenvalue weighted by Crippen LogP contribution is -2.07. The molecule has 6 nitrogen and oxygen atoms in total. The van der Waals surface area contributed by atoms with Crippen molar-refractivity contribution >= 4 is 40.0 Å². The second-order valence-electron chi connectivity index (χ2n) is 7.28. The van der Waals surface area contributed by atoms with Crippen LogP contribution in [0, 0.1) is 0 Å². The quantitative estimate of drug-likeness (QED) is 0.285. The van der Waals surface area contributed by atoms with Gasteiger partial charge in [0.2, 0.25) is 0 Å². The van der Waals surface area contributed by atoms with Gasteiger partial charge in [-0.05, 0) is 29.5 Å². The second-order valence-corrected chi connectivity index (χ2v) is 8.97. The highest BCUT2D eigenvalue weighted by atomic mass is 35.5. The SMILES string of the molecule is CCSc1nn2cc(-c3ccc(Cl)cc3)cnc2c1-c1nc2cc(C(F)(F)F)ncc2n1C. The molecule has 0 bridgehead atoms. The first-order valence-corrected chi connectivity index (χ1v) is 11.3. The smallest absolute Gasteiger partial charge is 0.326 e. The van der Waals surface area contributed by atoms with Crippen LogP contribution in [0.4, 0.5) is 13.2 Å². The molecule has 168 valence electrons. The minimum Gasteiger partial charge on any atom is -0.326 e. The molecule has 1 aromatic carbocycles. The molecular formula is C22H16ClF3N6S. The zero-order chi connectivity index (χ0) is 23.3. The van der Waals surface area contributed by atoms with Crippen molar-refractivity contribution in [2.75, 3.05) is 5.75 Å². The largest absolute Gasteiger partial charge is 0.433 e. The second kappa shape index (κ2) is 8.03. The first kappa shape index (κ1) is 21.7. The van der Waals surface area contributed by atoms with Crippen LogP contribution in [0.3, 0.4) is 0 Å². The predicted molar refractivity (Wildman–Crippen MR) is 122 cm³/mol. The van der Waals surface area contributed by atoms with Gasteiger partial charge in [0.15, 0.2) is 5.65 Å². The Balaban J connectivity index is 1.69. The maximum atomic E-state index is 13.1. The van der Waals surface area contributed by atoms with Gasteiger partial charge >= 0.3 is 6.18 Å². The molecule has 5 aromatic rings. The molecule has 0 aliphatic carbocycles. The number of benzene rings is 1. The molecule has 0 atom stereocenters. The highest BCUT2D eigenvalue weighted by molar-refractivity contribution is 7.99. The van der Waals surface area contributed by atoms with Crippen LogP contribution in [0.5, 0.6) is 0 Å². The summed E-state index contributed by atoms with van der Waals surface area (Å²) in [7, 11) is 1.74. The first-order valence-electron chi connectivity index (χ1n) is 9.93. The van der Waals surface area contributed by atoms with Crippen LogP contribution in [-0.4, -0.2) is 34.9 Å². The molecule has 0 amide bonds. The van der Waals surface area contributed by atoms with E-state index >= 15 is 0 Å². The number of rotatable bonds is 4. The van der Waals surface area contributed by atoms with Gasteiger partial charge < -0.3 is 4.57 Å². The van der Waals surface area contributed by atoms with E-state index in [-0.39, 0.29) is 5.52 Å². The molecule has 33 heavy (non-hydrogen) atoms. The molecule has 0 spiro atoms. The number of pyridine rings is 1. The fourth-order valence-electron chi connectivity index (χ4n) is 3.61. The number of halogens is 4. The Kier molecular flexibility index (Phi) is 5.29. The summed E-state index contributed by atoms with van der Waals surface area (Å²) in [5, 5.41) is 6.03. The molecule has 0 radical (unpaired) electrons. The van der Waals surface area contributed by atoms with Crippen molar-refractivity contribution < 1.29 is 13.2 Å². The number of fused-ring (bicyclic) bond motifs is 2. The van der Waals surface area contributed by atoms with E-state index in [4.69, 9.17) is 16.7 Å². The molecule has 11 heteroatoms. The lowest BCUT2D eigenvalue weighted by molar-refractivity contribution is -0.141. The van der Waals surface area contributed by atoms with Gasteiger partial charge in [0.05, 0.1) is 22.8 Å². The summed E-state index contributed by atoms with van der Waals surface area (Å²) in [6.45, 7) is 2.00. The molecule has 0 fully saturated rings. The van der Waals surface area contributed by atoms with Crippen LogP contribution in [0.2, 0.25) is 5.02 Å². The fourth-order valence-corrected chi connectivity index (χ4v) is 4.48. The number of nitrogens with zero attached hydrogens (tertiary/aromatic N) is 6. The van der Waals surface area contributed by atoms with Crippen molar-refractivity contribution in [3.8, 4) is 22.5 Å². The number of alkyl halides is 3. The lowest BCUT2D eigenvalue weighted by Gasteiger charge is -2.05. The molecule has 4 heterocycles. The fraction of sp³-hybridized carbons (Fsp3) is 0.182. The van der Waals surface area contributed by atoms with Gasteiger partial charge in [0, 0.05) is 30.0 Å². The van der Waals surface area contributed by atoms with Crippen LogP contribution in [-0.2, 0) is 13.2 Å². The highest BCUT2D eigenvalue weighted by Gasteiger charge is 2.33. The van der Waals surface area contributed by atoms with Crippen molar-refractivity contribution in [3.63, 3.8) is 0 Å². The summed E-state index contributed by atoms with van der Waals surface area (Å²) >= 11 is 7.51. The van der Waals surface area contributed by atoms with Crippen LogP contribution >= 0.6 is 23.4 Å². The Hall–Kier alpha value is -3.11. The van der Waals surface area contributed by atoms with Gasteiger partial charge in [-0.25, -0.2) is 19.5 Å². The molecule has 0 aliphatic rings. The third-order valence-corrected chi connectivity index (χ3v) is 6.28.